The maximum absolute atomic E-state index is 15.2. The summed E-state index contributed by atoms with van der Waals surface area (Å²) in [7, 11) is 0. The van der Waals surface area contributed by atoms with Crippen LogP contribution in [0.5, 0.6) is 0 Å². The Kier molecular flexibility index (Phi) is 14.1. The summed E-state index contributed by atoms with van der Waals surface area (Å²) in [5.74, 6) is -2.36. The number of carbonyl (C=O) groups excluding carboxylic acids is 4. The lowest BCUT2D eigenvalue weighted by Crippen LogP contribution is -2.50. The molecule has 300 valence electrons. The van der Waals surface area contributed by atoms with E-state index in [1.165, 1.54) is 12.2 Å². The standard InChI is InChI=1S/C39H46F3N7O7/c40-29-6-7-31(41)30(20-29)33-25-47(23-26-4-2-1-3-5-26)37(46-33)36(27-10-15-54-16-11-27)49(24-28-21-43-22-32(28)42)38(52)44-13-18-56-39(53)45-12-17-55-19-14-48-34(50)8-9-35(48)51/h1-9,20,25,27-28,32,36,43H,10-19,21-24H2,(H,44,52)(H,45,53). The first-order valence-corrected chi connectivity index (χ1v) is 18.7. The number of carbonyl (C=O) groups is 4. The zero-order chi connectivity index (χ0) is 39.4. The van der Waals surface area contributed by atoms with Crippen LogP contribution in [0.3, 0.4) is 0 Å². The molecule has 0 saturated carbocycles. The van der Waals surface area contributed by atoms with E-state index in [1.807, 2.05) is 34.9 Å². The van der Waals surface area contributed by atoms with Gasteiger partial charge in [0.2, 0.25) is 0 Å². The van der Waals surface area contributed by atoms with Crippen LogP contribution in [0.15, 0.2) is 66.9 Å². The molecule has 1 aromatic heterocycles. The lowest BCUT2D eigenvalue weighted by molar-refractivity contribution is -0.137. The lowest BCUT2D eigenvalue weighted by atomic mass is 9.89. The fraction of sp³-hybridized carbons (Fsp3) is 0.462. The molecule has 0 spiro atoms. The number of hydrogen-bond acceptors (Lipinski definition) is 9. The number of imide groups is 1. The van der Waals surface area contributed by atoms with E-state index in [2.05, 4.69) is 16.0 Å². The van der Waals surface area contributed by atoms with E-state index >= 15 is 8.78 Å². The van der Waals surface area contributed by atoms with E-state index in [0.29, 0.717) is 45.0 Å². The summed E-state index contributed by atoms with van der Waals surface area (Å²) in [4.78, 5) is 57.4. The van der Waals surface area contributed by atoms with Crippen LogP contribution in [-0.2, 0) is 30.3 Å². The molecule has 6 rings (SSSR count). The fourth-order valence-electron chi connectivity index (χ4n) is 7.08. The average Bonchev–Trinajstić information content (AvgIpc) is 3.90. The van der Waals surface area contributed by atoms with Gasteiger partial charge in [0, 0.05) is 75.8 Å². The van der Waals surface area contributed by atoms with Gasteiger partial charge in [-0.15, -0.1) is 0 Å². The molecule has 0 bridgehead atoms. The van der Waals surface area contributed by atoms with Crippen LogP contribution in [-0.4, -0.2) is 122 Å². The third kappa shape index (κ3) is 10.5. The molecule has 0 radical (unpaired) electrons. The number of aromatic nitrogens is 2. The zero-order valence-corrected chi connectivity index (χ0v) is 30.8. The van der Waals surface area contributed by atoms with Crippen molar-refractivity contribution in [1.29, 1.82) is 0 Å². The normalized spacial score (nSPS) is 19.0. The van der Waals surface area contributed by atoms with E-state index in [-0.39, 0.29) is 69.7 Å². The molecule has 0 aliphatic carbocycles. The lowest BCUT2D eigenvalue weighted by Gasteiger charge is -2.39. The molecule has 4 heterocycles. The minimum atomic E-state index is -1.21. The molecule has 14 nitrogen and oxygen atoms in total. The van der Waals surface area contributed by atoms with Crippen molar-refractivity contribution in [1.82, 2.24) is 35.3 Å². The van der Waals surface area contributed by atoms with Gasteiger partial charge in [0.1, 0.15) is 30.2 Å². The van der Waals surface area contributed by atoms with Gasteiger partial charge in [-0.3, -0.25) is 14.5 Å². The molecule has 3 unspecified atom stereocenters. The summed E-state index contributed by atoms with van der Waals surface area (Å²) in [6.07, 6.45) is 3.21. The molecular formula is C39H46F3N7O7. The predicted molar refractivity (Wildman–Crippen MR) is 197 cm³/mol. The highest BCUT2D eigenvalue weighted by Gasteiger charge is 2.40. The Morgan fingerprint density at radius 1 is 0.982 bits per heavy atom. The number of nitrogens with zero attached hydrogens (tertiary/aromatic N) is 4. The molecule has 56 heavy (non-hydrogen) atoms. The summed E-state index contributed by atoms with van der Waals surface area (Å²) in [6.45, 7) is 1.86. The fourth-order valence-corrected chi connectivity index (χ4v) is 7.08. The van der Waals surface area contributed by atoms with Crippen molar-refractivity contribution in [2.75, 3.05) is 72.3 Å². The Balaban J connectivity index is 1.16. The first-order chi connectivity index (χ1) is 27.2. The molecule has 2 fully saturated rings. The Bertz CT molecular complexity index is 1840. The summed E-state index contributed by atoms with van der Waals surface area (Å²) in [5.41, 5.74) is 1.07. The molecule has 3 aliphatic heterocycles. The Morgan fingerprint density at radius 3 is 2.46 bits per heavy atom. The Hall–Kier alpha value is -5.26. The Labute approximate surface area is 322 Å². The molecule has 17 heteroatoms. The molecule has 3 N–H and O–H groups in total. The molecule has 2 saturated heterocycles. The maximum Gasteiger partial charge on any atom is 0.407 e. The van der Waals surface area contributed by atoms with Gasteiger partial charge in [-0.05, 0) is 42.5 Å². The number of alkyl carbamates (subject to hydrolysis) is 1. The number of rotatable bonds is 17. The van der Waals surface area contributed by atoms with Gasteiger partial charge in [0.05, 0.1) is 38.0 Å². The summed E-state index contributed by atoms with van der Waals surface area (Å²) in [6, 6.07) is 11.4. The summed E-state index contributed by atoms with van der Waals surface area (Å²) >= 11 is 0. The first kappa shape index (κ1) is 40.4. The van der Waals surface area contributed by atoms with Crippen molar-refractivity contribution in [2.24, 2.45) is 11.8 Å². The predicted octanol–water partition coefficient (Wildman–Crippen LogP) is 3.58. The topological polar surface area (TPSA) is 156 Å². The Morgan fingerprint density at radius 2 is 1.73 bits per heavy atom. The van der Waals surface area contributed by atoms with Gasteiger partial charge in [-0.25, -0.2) is 27.7 Å². The minimum absolute atomic E-state index is 0.0294. The second-order valence-electron chi connectivity index (χ2n) is 13.8. The third-order valence-electron chi connectivity index (χ3n) is 9.96. The van der Waals surface area contributed by atoms with Gasteiger partial charge in [0.15, 0.2) is 0 Å². The van der Waals surface area contributed by atoms with Crippen LogP contribution in [0.2, 0.25) is 0 Å². The third-order valence-corrected chi connectivity index (χ3v) is 9.96. The van der Waals surface area contributed by atoms with Gasteiger partial charge in [-0.2, -0.15) is 0 Å². The highest BCUT2D eigenvalue weighted by molar-refractivity contribution is 6.12. The van der Waals surface area contributed by atoms with Crippen LogP contribution in [0, 0.1) is 23.5 Å². The van der Waals surface area contributed by atoms with Crippen molar-refractivity contribution < 1.29 is 46.6 Å². The molecule has 3 aliphatic rings. The van der Waals surface area contributed by atoms with E-state index in [1.54, 1.807) is 11.1 Å². The van der Waals surface area contributed by atoms with Gasteiger partial charge < -0.3 is 39.6 Å². The van der Waals surface area contributed by atoms with Crippen LogP contribution < -0.4 is 16.0 Å². The number of halogens is 3. The number of alkyl halides is 1. The number of imidazole rings is 1. The van der Waals surface area contributed by atoms with Crippen molar-refractivity contribution in [3.05, 3.63) is 89.9 Å². The van der Waals surface area contributed by atoms with Gasteiger partial charge >= 0.3 is 12.1 Å². The van der Waals surface area contributed by atoms with Crippen molar-refractivity contribution in [2.45, 2.75) is 31.6 Å². The molecule has 5 amide bonds. The number of amides is 5. The van der Waals surface area contributed by atoms with Crippen molar-refractivity contribution in [3.63, 3.8) is 0 Å². The summed E-state index contributed by atoms with van der Waals surface area (Å²) in [5, 5.41) is 8.42. The average molecular weight is 782 g/mol. The SMILES string of the molecule is O=C(NCCOCCN1C(=O)C=CC1=O)OCCNC(=O)N(CC1CNCC1F)C(c1nc(-c2cc(F)ccc2F)cn1Cc1ccccc1)C1CCOCC1. The van der Waals surface area contributed by atoms with Crippen LogP contribution in [0.4, 0.5) is 22.8 Å². The van der Waals surface area contributed by atoms with Gasteiger partial charge in [0.25, 0.3) is 11.8 Å². The van der Waals surface area contributed by atoms with E-state index in [0.717, 1.165) is 28.7 Å². The maximum atomic E-state index is 15.2. The minimum Gasteiger partial charge on any atom is -0.448 e. The smallest absolute Gasteiger partial charge is 0.407 e. The van der Waals surface area contributed by atoms with Crippen LogP contribution in [0.1, 0.15) is 30.3 Å². The molecule has 2 aromatic carbocycles. The van der Waals surface area contributed by atoms with Crippen molar-refractivity contribution in [3.8, 4) is 11.3 Å². The summed E-state index contributed by atoms with van der Waals surface area (Å²) < 4.78 is 63.0. The van der Waals surface area contributed by atoms with Crippen LogP contribution >= 0.6 is 0 Å². The number of urea groups is 1. The zero-order valence-electron chi connectivity index (χ0n) is 30.8. The van der Waals surface area contributed by atoms with Crippen LogP contribution in [0.25, 0.3) is 11.3 Å². The first-order valence-electron chi connectivity index (χ1n) is 18.7. The highest BCUT2D eigenvalue weighted by Crippen LogP contribution is 2.38. The van der Waals surface area contributed by atoms with Crippen molar-refractivity contribution >= 4 is 23.9 Å². The highest BCUT2D eigenvalue weighted by atomic mass is 19.1. The number of nitrogens with one attached hydrogen (secondary N) is 3. The molecule has 3 aromatic rings. The van der Waals surface area contributed by atoms with E-state index in [9.17, 15) is 23.6 Å². The van der Waals surface area contributed by atoms with E-state index in [4.69, 9.17) is 19.2 Å². The van der Waals surface area contributed by atoms with Gasteiger partial charge in [-0.1, -0.05) is 30.3 Å². The van der Waals surface area contributed by atoms with E-state index < -0.39 is 53.7 Å². The number of hydrogen-bond donors (Lipinski definition) is 3. The molecule has 3 atom stereocenters. The number of benzene rings is 2. The number of ether oxygens (including phenoxy) is 3. The quantitative estimate of drug-likeness (QED) is 0.138. The second kappa shape index (κ2) is 19.6. The largest absolute Gasteiger partial charge is 0.448 e. The molecular weight excluding hydrogens is 735 g/mol. The monoisotopic (exact) mass is 781 g/mol. The second-order valence-corrected chi connectivity index (χ2v) is 13.8.